The van der Waals surface area contributed by atoms with Crippen LogP contribution in [0.15, 0.2) is 59.7 Å². The SMILES string of the molecule is CN(C)C(=O)CN1C/C(=C/c2cccc(O)c2)C(=O)/C(=C/c2cccc(O)c2)C1. The van der Waals surface area contributed by atoms with E-state index in [0.717, 1.165) is 0 Å². The van der Waals surface area contributed by atoms with Crippen molar-refractivity contribution >= 4 is 23.8 Å². The number of hydrogen-bond donors (Lipinski definition) is 2. The highest BCUT2D eigenvalue weighted by molar-refractivity contribution is 6.14. The van der Waals surface area contributed by atoms with E-state index in [9.17, 15) is 19.8 Å². The van der Waals surface area contributed by atoms with Crippen LogP contribution in [0.1, 0.15) is 11.1 Å². The quantitative estimate of drug-likeness (QED) is 0.782. The molecule has 0 spiro atoms. The number of piperidine rings is 1. The van der Waals surface area contributed by atoms with Crippen LogP contribution >= 0.6 is 0 Å². The van der Waals surface area contributed by atoms with Gasteiger partial charge in [-0.25, -0.2) is 0 Å². The third kappa shape index (κ3) is 5.33. The van der Waals surface area contributed by atoms with Gasteiger partial charge in [-0.15, -0.1) is 0 Å². The number of hydrogen-bond acceptors (Lipinski definition) is 5. The molecule has 0 bridgehead atoms. The third-order valence-corrected chi connectivity index (χ3v) is 4.65. The summed E-state index contributed by atoms with van der Waals surface area (Å²) in [5.74, 6) is 0.0913. The Hall–Kier alpha value is -3.38. The maximum atomic E-state index is 13.1. The summed E-state index contributed by atoms with van der Waals surface area (Å²) in [6, 6.07) is 13.4. The minimum Gasteiger partial charge on any atom is -0.508 e. The lowest BCUT2D eigenvalue weighted by Gasteiger charge is -2.30. The minimum atomic E-state index is -0.106. The fourth-order valence-corrected chi connectivity index (χ4v) is 3.19. The zero-order valence-electron chi connectivity index (χ0n) is 16.5. The number of Topliss-reactive ketones (excluding diaryl/α,β-unsaturated/α-hetero) is 1. The first-order valence-corrected chi connectivity index (χ1v) is 9.28. The second-order valence-electron chi connectivity index (χ2n) is 7.29. The molecule has 1 aliphatic heterocycles. The normalized spacial score (nSPS) is 17.7. The van der Waals surface area contributed by atoms with Gasteiger partial charge in [0.15, 0.2) is 5.78 Å². The molecule has 3 rings (SSSR count). The van der Waals surface area contributed by atoms with Crippen molar-refractivity contribution in [2.24, 2.45) is 0 Å². The molecule has 2 N–H and O–H groups in total. The van der Waals surface area contributed by atoms with E-state index in [1.54, 1.807) is 62.6 Å². The summed E-state index contributed by atoms with van der Waals surface area (Å²) in [5, 5.41) is 19.4. The lowest BCUT2D eigenvalue weighted by molar-refractivity contribution is -0.130. The Morgan fingerprint density at radius 3 is 1.86 bits per heavy atom. The van der Waals surface area contributed by atoms with Crippen molar-refractivity contribution in [3.05, 3.63) is 70.8 Å². The van der Waals surface area contributed by atoms with E-state index in [-0.39, 0.29) is 29.7 Å². The predicted molar refractivity (Wildman–Crippen MR) is 112 cm³/mol. The van der Waals surface area contributed by atoms with Gasteiger partial charge in [-0.05, 0) is 47.5 Å². The van der Waals surface area contributed by atoms with E-state index >= 15 is 0 Å². The summed E-state index contributed by atoms with van der Waals surface area (Å²) in [6.45, 7) is 0.867. The summed E-state index contributed by atoms with van der Waals surface area (Å²) in [4.78, 5) is 28.7. The minimum absolute atomic E-state index is 0.0484. The molecular weight excluding hydrogens is 368 g/mol. The highest BCUT2D eigenvalue weighted by atomic mass is 16.3. The molecule has 1 saturated heterocycles. The number of benzene rings is 2. The Kier molecular flexibility index (Phi) is 6.14. The first-order chi connectivity index (χ1) is 13.8. The van der Waals surface area contributed by atoms with Crippen LogP contribution in [-0.2, 0) is 9.59 Å². The summed E-state index contributed by atoms with van der Waals surface area (Å²) in [5.41, 5.74) is 2.51. The molecule has 0 aromatic heterocycles. The fraction of sp³-hybridized carbons (Fsp3) is 0.217. The van der Waals surface area contributed by atoms with Crippen molar-refractivity contribution in [2.45, 2.75) is 0 Å². The van der Waals surface area contributed by atoms with E-state index in [4.69, 9.17) is 0 Å². The summed E-state index contributed by atoms with van der Waals surface area (Å²) >= 11 is 0. The smallest absolute Gasteiger partial charge is 0.236 e. The number of ketones is 1. The van der Waals surface area contributed by atoms with Gasteiger partial charge in [-0.2, -0.15) is 0 Å². The molecule has 150 valence electrons. The monoisotopic (exact) mass is 392 g/mol. The summed E-state index contributed by atoms with van der Waals surface area (Å²) in [7, 11) is 3.40. The Morgan fingerprint density at radius 1 is 0.966 bits per heavy atom. The predicted octanol–water partition coefficient (Wildman–Crippen LogP) is 2.54. The molecule has 0 radical (unpaired) electrons. The van der Waals surface area contributed by atoms with Gasteiger partial charge in [0.25, 0.3) is 0 Å². The average Bonchev–Trinajstić information content (AvgIpc) is 2.65. The topological polar surface area (TPSA) is 81.1 Å². The zero-order chi connectivity index (χ0) is 21.0. The van der Waals surface area contributed by atoms with Crippen LogP contribution in [0.5, 0.6) is 11.5 Å². The molecule has 29 heavy (non-hydrogen) atoms. The summed E-state index contributed by atoms with van der Waals surface area (Å²) in [6.07, 6.45) is 3.48. The van der Waals surface area contributed by atoms with Crippen molar-refractivity contribution in [2.75, 3.05) is 33.7 Å². The van der Waals surface area contributed by atoms with Gasteiger partial charge >= 0.3 is 0 Å². The van der Waals surface area contributed by atoms with Crippen LogP contribution in [0, 0.1) is 0 Å². The second-order valence-corrected chi connectivity index (χ2v) is 7.29. The van der Waals surface area contributed by atoms with E-state index in [1.807, 2.05) is 17.0 Å². The van der Waals surface area contributed by atoms with Crippen LogP contribution < -0.4 is 0 Å². The van der Waals surface area contributed by atoms with Gasteiger partial charge in [-0.1, -0.05) is 24.3 Å². The zero-order valence-corrected chi connectivity index (χ0v) is 16.5. The van der Waals surface area contributed by atoms with E-state index in [2.05, 4.69) is 0 Å². The van der Waals surface area contributed by atoms with Gasteiger partial charge in [-0.3, -0.25) is 14.5 Å². The van der Waals surface area contributed by atoms with Crippen molar-refractivity contribution in [3.63, 3.8) is 0 Å². The number of phenols is 2. The number of phenolic OH excluding ortho intramolecular Hbond substituents is 2. The standard InChI is InChI=1S/C23H24N2O4/c1-24(2)22(28)15-25-13-18(9-16-5-3-7-20(26)11-16)23(29)19(14-25)10-17-6-4-8-21(27)12-17/h3-12,26-27H,13-15H2,1-2H3/b18-9-,19-10+. The van der Waals surface area contributed by atoms with Crippen LogP contribution in [0.25, 0.3) is 12.2 Å². The highest BCUT2D eigenvalue weighted by Crippen LogP contribution is 2.24. The molecule has 1 aliphatic rings. The molecule has 2 aromatic carbocycles. The molecular formula is C23H24N2O4. The van der Waals surface area contributed by atoms with Crippen LogP contribution in [-0.4, -0.2) is 65.4 Å². The lowest BCUT2D eigenvalue weighted by atomic mass is 9.94. The van der Waals surface area contributed by atoms with Gasteiger partial charge in [0, 0.05) is 38.3 Å². The van der Waals surface area contributed by atoms with Crippen molar-refractivity contribution in [1.82, 2.24) is 9.80 Å². The van der Waals surface area contributed by atoms with Crippen molar-refractivity contribution in [3.8, 4) is 11.5 Å². The molecule has 1 fully saturated rings. The van der Waals surface area contributed by atoms with Crippen LogP contribution in [0.3, 0.4) is 0 Å². The number of likely N-dealkylation sites (N-methyl/N-ethyl adjacent to an activating group) is 1. The van der Waals surface area contributed by atoms with Gasteiger partial charge < -0.3 is 15.1 Å². The lowest BCUT2D eigenvalue weighted by Crippen LogP contribution is -2.43. The maximum Gasteiger partial charge on any atom is 0.236 e. The molecule has 1 amide bonds. The molecule has 1 heterocycles. The Labute approximate surface area is 170 Å². The molecule has 2 aromatic rings. The Balaban J connectivity index is 1.96. The number of rotatable bonds is 4. The number of carbonyl (C=O) groups excluding carboxylic acids is 2. The first-order valence-electron chi connectivity index (χ1n) is 9.28. The second kappa shape index (κ2) is 8.75. The molecule has 0 atom stereocenters. The summed E-state index contributed by atoms with van der Waals surface area (Å²) < 4.78 is 0. The Morgan fingerprint density at radius 2 is 1.45 bits per heavy atom. The number of aromatic hydroxyl groups is 2. The molecule has 0 saturated carbocycles. The van der Waals surface area contributed by atoms with Crippen LogP contribution in [0.2, 0.25) is 0 Å². The van der Waals surface area contributed by atoms with Crippen molar-refractivity contribution in [1.29, 1.82) is 0 Å². The van der Waals surface area contributed by atoms with E-state index < -0.39 is 0 Å². The third-order valence-electron chi connectivity index (χ3n) is 4.65. The number of likely N-dealkylation sites (tertiary alicyclic amines) is 1. The fourth-order valence-electron chi connectivity index (χ4n) is 3.19. The maximum absolute atomic E-state index is 13.1. The number of nitrogens with zero attached hydrogens (tertiary/aromatic N) is 2. The van der Waals surface area contributed by atoms with Gasteiger partial charge in [0.05, 0.1) is 6.54 Å². The van der Waals surface area contributed by atoms with Gasteiger partial charge in [0.2, 0.25) is 5.91 Å². The molecule has 0 unspecified atom stereocenters. The van der Waals surface area contributed by atoms with E-state index in [0.29, 0.717) is 35.4 Å². The molecule has 0 aliphatic carbocycles. The highest BCUT2D eigenvalue weighted by Gasteiger charge is 2.27. The Bertz CT molecular complexity index is 924. The van der Waals surface area contributed by atoms with Gasteiger partial charge in [0.1, 0.15) is 11.5 Å². The number of amides is 1. The molecule has 6 heteroatoms. The number of carbonyl (C=O) groups is 2. The van der Waals surface area contributed by atoms with Crippen molar-refractivity contribution < 1.29 is 19.8 Å². The van der Waals surface area contributed by atoms with E-state index in [1.165, 1.54) is 4.90 Å². The van der Waals surface area contributed by atoms with Crippen LogP contribution in [0.4, 0.5) is 0 Å². The molecule has 6 nitrogen and oxygen atoms in total. The average molecular weight is 392 g/mol. The first kappa shape index (κ1) is 20.4. The largest absolute Gasteiger partial charge is 0.508 e.